The molecular weight excluding hydrogens is 169 g/mol. The largest absolute Gasteiger partial charge is 0.445 e. The zero-order chi connectivity index (χ0) is 9.26. The number of benzene rings is 1. The van der Waals surface area contributed by atoms with Gasteiger partial charge in [-0.3, -0.25) is 0 Å². The van der Waals surface area contributed by atoms with Crippen molar-refractivity contribution in [3.63, 3.8) is 0 Å². The maximum Gasteiger partial charge on any atom is 0.225 e. The first-order chi connectivity index (χ1) is 6.27. The van der Waals surface area contributed by atoms with E-state index in [1.165, 1.54) is 18.5 Å². The molecule has 0 saturated carbocycles. The number of oxazole rings is 1. The average Bonchev–Trinajstić information content (AvgIpc) is 2.62. The van der Waals surface area contributed by atoms with Gasteiger partial charge in [0.15, 0.2) is 0 Å². The SMILES string of the molecule is Cc1ccc(-c2ncco2)cc1F. The second-order valence-electron chi connectivity index (χ2n) is 2.80. The maximum absolute atomic E-state index is 13.1. The van der Waals surface area contributed by atoms with Crippen LogP contribution in [0.4, 0.5) is 4.39 Å². The molecule has 1 aromatic carbocycles. The third-order valence-corrected chi connectivity index (χ3v) is 1.85. The van der Waals surface area contributed by atoms with Gasteiger partial charge in [-0.05, 0) is 24.6 Å². The summed E-state index contributed by atoms with van der Waals surface area (Å²) >= 11 is 0. The van der Waals surface area contributed by atoms with E-state index >= 15 is 0 Å². The molecule has 0 aliphatic rings. The van der Waals surface area contributed by atoms with Crippen LogP contribution in [0.2, 0.25) is 0 Å². The summed E-state index contributed by atoms with van der Waals surface area (Å²) < 4.78 is 18.1. The predicted octanol–water partition coefficient (Wildman–Crippen LogP) is 2.79. The van der Waals surface area contributed by atoms with Crippen molar-refractivity contribution >= 4 is 0 Å². The fourth-order valence-corrected chi connectivity index (χ4v) is 1.09. The Kier molecular flexibility index (Phi) is 1.85. The highest BCUT2D eigenvalue weighted by molar-refractivity contribution is 5.53. The minimum Gasteiger partial charge on any atom is -0.445 e. The Labute approximate surface area is 75.0 Å². The van der Waals surface area contributed by atoms with Crippen LogP contribution in [0.5, 0.6) is 0 Å². The minimum atomic E-state index is -0.240. The molecule has 1 aromatic heterocycles. The van der Waals surface area contributed by atoms with Crippen LogP contribution in [0.25, 0.3) is 11.5 Å². The van der Waals surface area contributed by atoms with E-state index < -0.39 is 0 Å². The van der Waals surface area contributed by atoms with Crippen LogP contribution < -0.4 is 0 Å². The smallest absolute Gasteiger partial charge is 0.225 e. The molecule has 2 nitrogen and oxygen atoms in total. The lowest BCUT2D eigenvalue weighted by Crippen LogP contribution is -1.83. The molecule has 0 aliphatic carbocycles. The molecular formula is C10H8FNO. The third-order valence-electron chi connectivity index (χ3n) is 1.85. The molecule has 13 heavy (non-hydrogen) atoms. The molecule has 0 N–H and O–H groups in total. The highest BCUT2D eigenvalue weighted by Gasteiger charge is 2.04. The number of aromatic nitrogens is 1. The first-order valence-corrected chi connectivity index (χ1v) is 3.93. The summed E-state index contributed by atoms with van der Waals surface area (Å²) in [6.45, 7) is 1.72. The molecule has 0 bridgehead atoms. The van der Waals surface area contributed by atoms with Gasteiger partial charge >= 0.3 is 0 Å². The molecule has 2 aromatic rings. The highest BCUT2D eigenvalue weighted by atomic mass is 19.1. The van der Waals surface area contributed by atoms with Crippen molar-refractivity contribution in [2.45, 2.75) is 6.92 Å². The average molecular weight is 177 g/mol. The van der Waals surface area contributed by atoms with Crippen molar-refractivity contribution in [2.75, 3.05) is 0 Å². The van der Waals surface area contributed by atoms with E-state index in [1.807, 2.05) is 0 Å². The second-order valence-corrected chi connectivity index (χ2v) is 2.80. The lowest BCUT2D eigenvalue weighted by Gasteiger charge is -1.98. The normalized spacial score (nSPS) is 10.3. The van der Waals surface area contributed by atoms with Crippen molar-refractivity contribution in [3.05, 3.63) is 42.0 Å². The number of rotatable bonds is 1. The van der Waals surface area contributed by atoms with E-state index in [4.69, 9.17) is 4.42 Å². The van der Waals surface area contributed by atoms with E-state index in [9.17, 15) is 4.39 Å². The molecule has 0 atom stereocenters. The van der Waals surface area contributed by atoms with Gasteiger partial charge in [0.1, 0.15) is 12.1 Å². The van der Waals surface area contributed by atoms with Gasteiger partial charge in [-0.15, -0.1) is 0 Å². The third kappa shape index (κ3) is 1.45. The molecule has 0 amide bonds. The summed E-state index contributed by atoms with van der Waals surface area (Å²) in [5.74, 6) is 0.203. The van der Waals surface area contributed by atoms with Crippen LogP contribution in [-0.4, -0.2) is 4.98 Å². The van der Waals surface area contributed by atoms with E-state index in [0.29, 0.717) is 17.0 Å². The van der Waals surface area contributed by atoms with Crippen LogP contribution in [0, 0.1) is 12.7 Å². The molecule has 1 heterocycles. The fourth-order valence-electron chi connectivity index (χ4n) is 1.09. The molecule has 0 aliphatic heterocycles. The Morgan fingerprint density at radius 2 is 2.23 bits per heavy atom. The molecule has 0 radical (unpaired) electrons. The van der Waals surface area contributed by atoms with Gasteiger partial charge in [0.25, 0.3) is 0 Å². The highest BCUT2D eigenvalue weighted by Crippen LogP contribution is 2.19. The number of aryl methyl sites for hydroxylation is 1. The number of halogens is 1. The van der Waals surface area contributed by atoms with Crippen molar-refractivity contribution < 1.29 is 8.81 Å². The Bertz CT molecular complexity index is 409. The molecule has 0 unspecified atom stereocenters. The van der Waals surface area contributed by atoms with Crippen LogP contribution in [-0.2, 0) is 0 Å². The monoisotopic (exact) mass is 177 g/mol. The first kappa shape index (κ1) is 7.98. The molecule has 0 spiro atoms. The summed E-state index contributed by atoms with van der Waals surface area (Å²) in [5, 5.41) is 0. The zero-order valence-corrected chi connectivity index (χ0v) is 7.12. The zero-order valence-electron chi connectivity index (χ0n) is 7.12. The van der Waals surface area contributed by atoms with Gasteiger partial charge < -0.3 is 4.42 Å². The van der Waals surface area contributed by atoms with Gasteiger partial charge in [0, 0.05) is 5.56 Å². The summed E-state index contributed by atoms with van der Waals surface area (Å²) in [5.41, 5.74) is 1.28. The summed E-state index contributed by atoms with van der Waals surface area (Å²) in [6.07, 6.45) is 3.00. The Balaban J connectivity index is 2.49. The van der Waals surface area contributed by atoms with Crippen LogP contribution in [0.15, 0.2) is 35.1 Å². The molecule has 3 heteroatoms. The van der Waals surface area contributed by atoms with Gasteiger partial charge in [-0.1, -0.05) is 6.07 Å². The summed E-state index contributed by atoms with van der Waals surface area (Å²) in [7, 11) is 0. The molecule has 2 rings (SSSR count). The maximum atomic E-state index is 13.1. The van der Waals surface area contributed by atoms with Crippen LogP contribution >= 0.6 is 0 Å². The topological polar surface area (TPSA) is 26.0 Å². The summed E-state index contributed by atoms with van der Waals surface area (Å²) in [6, 6.07) is 4.90. The number of hydrogen-bond donors (Lipinski definition) is 0. The van der Waals surface area contributed by atoms with E-state index in [0.717, 1.165) is 0 Å². The quantitative estimate of drug-likeness (QED) is 0.669. The van der Waals surface area contributed by atoms with Crippen molar-refractivity contribution in [2.24, 2.45) is 0 Å². The van der Waals surface area contributed by atoms with Gasteiger partial charge in [-0.25, -0.2) is 9.37 Å². The first-order valence-electron chi connectivity index (χ1n) is 3.93. The number of hydrogen-bond acceptors (Lipinski definition) is 2. The Morgan fingerprint density at radius 1 is 1.38 bits per heavy atom. The van der Waals surface area contributed by atoms with Crippen molar-refractivity contribution in [3.8, 4) is 11.5 Å². The standard InChI is InChI=1S/C10H8FNO/c1-7-2-3-8(6-9(7)11)10-12-4-5-13-10/h2-6H,1H3. The van der Waals surface area contributed by atoms with E-state index in [1.54, 1.807) is 19.1 Å². The second kappa shape index (κ2) is 3.01. The van der Waals surface area contributed by atoms with Crippen LogP contribution in [0.1, 0.15) is 5.56 Å². The van der Waals surface area contributed by atoms with Gasteiger partial charge in [0.2, 0.25) is 5.89 Å². The predicted molar refractivity (Wildman–Crippen MR) is 46.6 cm³/mol. The van der Waals surface area contributed by atoms with Gasteiger partial charge in [0.05, 0.1) is 6.20 Å². The van der Waals surface area contributed by atoms with E-state index in [2.05, 4.69) is 4.98 Å². The lowest BCUT2D eigenvalue weighted by atomic mass is 10.1. The van der Waals surface area contributed by atoms with E-state index in [-0.39, 0.29) is 5.82 Å². The van der Waals surface area contributed by atoms with Gasteiger partial charge in [-0.2, -0.15) is 0 Å². The van der Waals surface area contributed by atoms with Crippen molar-refractivity contribution in [1.82, 2.24) is 4.98 Å². The Hall–Kier alpha value is -1.64. The minimum absolute atomic E-state index is 0.240. The van der Waals surface area contributed by atoms with Crippen LogP contribution in [0.3, 0.4) is 0 Å². The number of nitrogens with zero attached hydrogens (tertiary/aromatic N) is 1. The molecule has 0 fully saturated rings. The van der Waals surface area contributed by atoms with Crippen molar-refractivity contribution in [1.29, 1.82) is 0 Å². The molecule has 0 saturated heterocycles. The Morgan fingerprint density at radius 3 is 2.85 bits per heavy atom. The lowest BCUT2D eigenvalue weighted by molar-refractivity contribution is 0.572. The molecule has 66 valence electrons. The summed E-state index contributed by atoms with van der Waals surface area (Å²) in [4.78, 5) is 3.92. The fraction of sp³-hybridized carbons (Fsp3) is 0.100.